The molecule has 10 heteroatoms. The van der Waals surface area contributed by atoms with Crippen LogP contribution in [0, 0.1) is 6.92 Å². The van der Waals surface area contributed by atoms with Crippen molar-refractivity contribution in [3.05, 3.63) is 101 Å². The van der Waals surface area contributed by atoms with E-state index in [9.17, 15) is 18.0 Å². The van der Waals surface area contributed by atoms with Gasteiger partial charge in [-0.25, -0.2) is 9.78 Å². The fraction of sp³-hybridized carbons (Fsp3) is 0.273. The van der Waals surface area contributed by atoms with E-state index in [4.69, 9.17) is 23.4 Å². The molecule has 0 aliphatic rings. The van der Waals surface area contributed by atoms with Crippen LogP contribution < -0.4 is 14.2 Å². The number of aromatic nitrogens is 1. The third-order valence-corrected chi connectivity index (χ3v) is 6.40. The number of methoxy groups -OCH3 is 1. The Labute approximate surface area is 247 Å². The highest BCUT2D eigenvalue weighted by molar-refractivity contribution is 5.75. The summed E-state index contributed by atoms with van der Waals surface area (Å²) in [5.41, 5.74) is 1.47. The number of allylic oxidation sites excluding steroid dienone is 1. The lowest BCUT2D eigenvalue weighted by molar-refractivity contribution is -0.151. The molecule has 226 valence electrons. The number of esters is 1. The first-order valence-electron chi connectivity index (χ1n) is 13.7. The molecule has 0 bridgehead atoms. The molecule has 1 unspecified atom stereocenters. The summed E-state index contributed by atoms with van der Waals surface area (Å²) in [6, 6.07) is 19.2. The molecular formula is C33H32F3NO6. The molecule has 0 fully saturated rings. The molecule has 4 rings (SSSR count). The van der Waals surface area contributed by atoms with Gasteiger partial charge in [0.25, 0.3) is 0 Å². The van der Waals surface area contributed by atoms with E-state index in [0.29, 0.717) is 35.3 Å². The van der Waals surface area contributed by atoms with Gasteiger partial charge < -0.3 is 23.4 Å². The fourth-order valence-electron chi connectivity index (χ4n) is 4.13. The molecule has 1 heterocycles. The summed E-state index contributed by atoms with van der Waals surface area (Å²) >= 11 is 0. The van der Waals surface area contributed by atoms with Crippen molar-refractivity contribution in [3.63, 3.8) is 0 Å². The maximum atomic E-state index is 12.9. The number of rotatable bonds is 13. The molecule has 7 nitrogen and oxygen atoms in total. The fourth-order valence-corrected chi connectivity index (χ4v) is 4.13. The Kier molecular flexibility index (Phi) is 10.5. The van der Waals surface area contributed by atoms with E-state index < -0.39 is 23.8 Å². The highest BCUT2D eigenvalue weighted by Crippen LogP contribution is 2.31. The van der Waals surface area contributed by atoms with E-state index in [1.807, 2.05) is 55.5 Å². The molecule has 0 saturated heterocycles. The second-order valence-corrected chi connectivity index (χ2v) is 9.44. The Hall–Kier alpha value is -4.73. The lowest BCUT2D eigenvalue weighted by atomic mass is 10.1. The van der Waals surface area contributed by atoms with Crippen molar-refractivity contribution in [2.24, 2.45) is 0 Å². The van der Waals surface area contributed by atoms with Gasteiger partial charge in [-0.2, -0.15) is 13.2 Å². The number of hydrogen-bond acceptors (Lipinski definition) is 7. The van der Waals surface area contributed by atoms with Crippen LogP contribution in [0.4, 0.5) is 13.2 Å². The molecule has 0 spiro atoms. The maximum absolute atomic E-state index is 12.9. The van der Waals surface area contributed by atoms with Crippen molar-refractivity contribution < 1.29 is 41.3 Å². The Morgan fingerprint density at radius 1 is 1.02 bits per heavy atom. The van der Waals surface area contributed by atoms with Crippen molar-refractivity contribution in [3.8, 4) is 28.7 Å². The third-order valence-electron chi connectivity index (χ3n) is 6.40. The molecule has 0 N–H and O–H groups in total. The molecule has 1 atom stereocenters. The number of nitrogens with zero attached hydrogens (tertiary/aromatic N) is 1. The molecular weight excluding hydrogens is 563 g/mol. The molecule has 4 aromatic rings. The standard InChI is InChI=1S/C33H32F3NO6/c1-4-40-32(38)30(43-26-16-14-25(15-17-26)33(34,35)36)13-9-8-12-24-20-27(39-3)18-19-29(24)41-21-28-22(2)42-31(37-28)23-10-6-5-7-11-23/h5-8,10-12,14-20,30H,4,9,13,21H2,1-3H3. The summed E-state index contributed by atoms with van der Waals surface area (Å²) in [6.07, 6.45) is -1.15. The van der Waals surface area contributed by atoms with E-state index in [1.165, 1.54) is 12.1 Å². The topological polar surface area (TPSA) is 80.0 Å². The second-order valence-electron chi connectivity index (χ2n) is 9.44. The summed E-state index contributed by atoms with van der Waals surface area (Å²) in [4.78, 5) is 17.1. The number of halogens is 3. The molecule has 0 radical (unpaired) electrons. The minimum atomic E-state index is -4.47. The number of carbonyl (C=O) groups excluding carboxylic acids is 1. The zero-order valence-corrected chi connectivity index (χ0v) is 24.0. The van der Waals surface area contributed by atoms with E-state index in [2.05, 4.69) is 4.98 Å². The van der Waals surface area contributed by atoms with Gasteiger partial charge in [0.05, 0.1) is 19.3 Å². The van der Waals surface area contributed by atoms with Gasteiger partial charge >= 0.3 is 12.1 Å². The van der Waals surface area contributed by atoms with Crippen molar-refractivity contribution in [1.29, 1.82) is 0 Å². The number of aryl methyl sites for hydroxylation is 1. The number of alkyl halides is 3. The Bertz CT molecular complexity index is 1510. The van der Waals surface area contributed by atoms with Gasteiger partial charge in [-0.1, -0.05) is 30.4 Å². The van der Waals surface area contributed by atoms with Crippen molar-refractivity contribution >= 4 is 12.0 Å². The first-order valence-corrected chi connectivity index (χ1v) is 13.7. The normalized spacial score (nSPS) is 12.2. The summed E-state index contributed by atoms with van der Waals surface area (Å²) < 4.78 is 66.8. The van der Waals surface area contributed by atoms with Gasteiger partial charge in [-0.05, 0) is 81.3 Å². The van der Waals surface area contributed by atoms with Gasteiger partial charge in [0, 0.05) is 11.1 Å². The summed E-state index contributed by atoms with van der Waals surface area (Å²) in [6.45, 7) is 3.82. The first kappa shape index (κ1) is 31.2. The van der Waals surface area contributed by atoms with Crippen molar-refractivity contribution in [2.75, 3.05) is 13.7 Å². The first-order chi connectivity index (χ1) is 20.7. The largest absolute Gasteiger partial charge is 0.497 e. The van der Waals surface area contributed by atoms with Crippen LogP contribution in [-0.2, 0) is 22.3 Å². The zero-order chi connectivity index (χ0) is 30.8. The lowest BCUT2D eigenvalue weighted by Crippen LogP contribution is -2.29. The van der Waals surface area contributed by atoms with Crippen LogP contribution in [0.2, 0.25) is 0 Å². The van der Waals surface area contributed by atoms with Gasteiger partial charge in [-0.15, -0.1) is 0 Å². The number of oxazole rings is 1. The van der Waals surface area contributed by atoms with E-state index in [0.717, 1.165) is 23.3 Å². The van der Waals surface area contributed by atoms with Crippen LogP contribution in [0.15, 0.2) is 83.3 Å². The number of benzene rings is 3. The van der Waals surface area contributed by atoms with Gasteiger partial charge in [0.2, 0.25) is 5.89 Å². The van der Waals surface area contributed by atoms with Crippen LogP contribution in [0.25, 0.3) is 17.5 Å². The van der Waals surface area contributed by atoms with Crippen LogP contribution in [-0.4, -0.2) is 30.8 Å². The molecule has 1 aromatic heterocycles. The number of hydrogen-bond donors (Lipinski definition) is 0. The summed E-state index contributed by atoms with van der Waals surface area (Å²) in [5, 5.41) is 0. The second kappa shape index (κ2) is 14.4. The van der Waals surface area contributed by atoms with Gasteiger partial charge in [0.1, 0.15) is 35.3 Å². The average Bonchev–Trinajstić information content (AvgIpc) is 3.38. The van der Waals surface area contributed by atoms with E-state index in [-0.39, 0.29) is 25.4 Å². The Morgan fingerprint density at radius 2 is 1.74 bits per heavy atom. The molecule has 0 amide bonds. The van der Waals surface area contributed by atoms with Gasteiger partial charge in [0.15, 0.2) is 6.10 Å². The Balaban J connectivity index is 1.43. The third kappa shape index (κ3) is 8.64. The van der Waals surface area contributed by atoms with Crippen LogP contribution in [0.3, 0.4) is 0 Å². The van der Waals surface area contributed by atoms with Crippen LogP contribution >= 0.6 is 0 Å². The average molecular weight is 596 g/mol. The monoisotopic (exact) mass is 595 g/mol. The highest BCUT2D eigenvalue weighted by Gasteiger charge is 2.30. The minimum absolute atomic E-state index is 0.136. The summed E-state index contributed by atoms with van der Waals surface area (Å²) in [7, 11) is 1.57. The SMILES string of the molecule is CCOC(=O)C(CCC=Cc1cc(OC)ccc1OCc1nc(-c2ccccc2)oc1C)Oc1ccc(C(F)(F)F)cc1. The smallest absolute Gasteiger partial charge is 0.416 e. The Morgan fingerprint density at radius 3 is 2.42 bits per heavy atom. The number of carbonyl (C=O) groups is 1. The molecule has 0 aliphatic carbocycles. The molecule has 0 saturated carbocycles. The maximum Gasteiger partial charge on any atom is 0.416 e. The molecule has 0 aliphatic heterocycles. The van der Waals surface area contributed by atoms with E-state index in [1.54, 1.807) is 26.2 Å². The minimum Gasteiger partial charge on any atom is -0.497 e. The van der Waals surface area contributed by atoms with Crippen molar-refractivity contribution in [2.45, 2.75) is 45.6 Å². The van der Waals surface area contributed by atoms with Crippen molar-refractivity contribution in [1.82, 2.24) is 4.98 Å². The lowest BCUT2D eigenvalue weighted by Gasteiger charge is -2.17. The number of ether oxygens (including phenoxy) is 4. The van der Waals surface area contributed by atoms with Crippen LogP contribution in [0.1, 0.15) is 42.3 Å². The molecule has 43 heavy (non-hydrogen) atoms. The zero-order valence-electron chi connectivity index (χ0n) is 24.0. The van der Waals surface area contributed by atoms with Crippen LogP contribution in [0.5, 0.6) is 17.2 Å². The predicted molar refractivity (Wildman–Crippen MR) is 155 cm³/mol. The predicted octanol–water partition coefficient (Wildman–Crippen LogP) is 8.06. The van der Waals surface area contributed by atoms with Gasteiger partial charge in [-0.3, -0.25) is 0 Å². The molecule has 3 aromatic carbocycles. The quantitative estimate of drug-likeness (QED) is 0.145. The highest BCUT2D eigenvalue weighted by atomic mass is 19.4. The summed E-state index contributed by atoms with van der Waals surface area (Å²) in [5.74, 6) is 1.93. The van der Waals surface area contributed by atoms with E-state index >= 15 is 0 Å².